The number of anilines is 1. The second-order valence-corrected chi connectivity index (χ2v) is 6.62. The molecular weight excluding hydrogens is 318 g/mol. The van der Waals surface area contributed by atoms with E-state index in [1.54, 1.807) is 44.3 Å². The molecule has 2 rings (SSSR count). The van der Waals surface area contributed by atoms with E-state index in [1.165, 1.54) is 0 Å². The van der Waals surface area contributed by atoms with Crippen LogP contribution in [-0.2, 0) is 4.79 Å². The van der Waals surface area contributed by atoms with Gasteiger partial charge in [0.25, 0.3) is 5.91 Å². The number of carbonyl (C=O) groups excluding carboxylic acids is 2. The fourth-order valence-corrected chi connectivity index (χ4v) is 2.21. The van der Waals surface area contributed by atoms with E-state index in [9.17, 15) is 9.59 Å². The summed E-state index contributed by atoms with van der Waals surface area (Å²) in [5.41, 5.74) is 6.37. The summed E-state index contributed by atoms with van der Waals surface area (Å²) in [5.74, 6) is 0.463. The quantitative estimate of drug-likeness (QED) is 0.858. The summed E-state index contributed by atoms with van der Waals surface area (Å²) in [6.45, 7) is 5.07. The van der Waals surface area contributed by atoms with Gasteiger partial charge in [-0.2, -0.15) is 0 Å². The molecule has 0 atom stereocenters. The summed E-state index contributed by atoms with van der Waals surface area (Å²) in [4.78, 5) is 34.4. The minimum absolute atomic E-state index is 0.367. The van der Waals surface area contributed by atoms with Crippen LogP contribution >= 0.6 is 0 Å². The summed E-state index contributed by atoms with van der Waals surface area (Å²) in [6.07, 6.45) is 1.77. The smallest absolute Gasteiger partial charge is 0.252 e. The summed E-state index contributed by atoms with van der Waals surface area (Å²) in [5, 5.41) is 2.61. The maximum Gasteiger partial charge on any atom is 0.252 e. The highest BCUT2D eigenvalue weighted by Gasteiger charge is 2.27. The topological polar surface area (TPSA) is 101 Å². The minimum Gasteiger partial charge on any atom is -0.368 e. The van der Waals surface area contributed by atoms with Crippen LogP contribution < -0.4 is 16.0 Å². The number of nitrogens with two attached hydrogens (primary N) is 1. The third-order valence-corrected chi connectivity index (χ3v) is 3.82. The largest absolute Gasteiger partial charge is 0.368 e. The van der Waals surface area contributed by atoms with E-state index in [0.717, 1.165) is 16.9 Å². The van der Waals surface area contributed by atoms with Gasteiger partial charge in [0, 0.05) is 37.0 Å². The Balaban J connectivity index is 2.24. The lowest BCUT2D eigenvalue weighted by Gasteiger charge is -2.22. The Morgan fingerprint density at radius 1 is 1.16 bits per heavy atom. The summed E-state index contributed by atoms with van der Waals surface area (Å²) < 4.78 is 0. The third kappa shape index (κ3) is 4.12. The second-order valence-electron chi connectivity index (χ2n) is 6.62. The number of aromatic nitrogens is 2. The normalized spacial score (nSPS) is 11.1. The highest BCUT2D eigenvalue weighted by molar-refractivity contribution is 5.98. The molecule has 0 radical (unpaired) electrons. The van der Waals surface area contributed by atoms with Gasteiger partial charge >= 0.3 is 0 Å². The van der Waals surface area contributed by atoms with Gasteiger partial charge in [0.1, 0.15) is 11.4 Å². The molecule has 132 valence electrons. The van der Waals surface area contributed by atoms with Gasteiger partial charge in [-0.15, -0.1) is 0 Å². The minimum atomic E-state index is -1.11. The molecule has 0 aliphatic carbocycles. The van der Waals surface area contributed by atoms with Gasteiger partial charge in [-0.25, -0.2) is 9.97 Å². The van der Waals surface area contributed by atoms with Gasteiger partial charge in [-0.1, -0.05) is 12.1 Å². The van der Waals surface area contributed by atoms with E-state index in [0.29, 0.717) is 11.4 Å². The van der Waals surface area contributed by atoms with Crippen LogP contribution in [0.25, 0.3) is 11.4 Å². The summed E-state index contributed by atoms with van der Waals surface area (Å²) in [7, 11) is 3.85. The van der Waals surface area contributed by atoms with Crippen molar-refractivity contribution < 1.29 is 9.59 Å². The SMILES string of the molecule is Cc1cnc(-c2ccc(C(=O)NC(C)(C)C(N)=O)cc2)nc1N(C)C. The Hall–Kier alpha value is -2.96. The number of hydrogen-bond donors (Lipinski definition) is 2. The molecule has 2 aromatic rings. The molecule has 0 aliphatic rings. The lowest BCUT2D eigenvalue weighted by Crippen LogP contribution is -2.52. The fraction of sp³-hybridized carbons (Fsp3) is 0.333. The molecule has 1 aromatic heterocycles. The number of nitrogens with zero attached hydrogens (tertiary/aromatic N) is 3. The van der Waals surface area contributed by atoms with Crippen molar-refractivity contribution in [3.63, 3.8) is 0 Å². The van der Waals surface area contributed by atoms with Crippen molar-refractivity contribution in [1.82, 2.24) is 15.3 Å². The van der Waals surface area contributed by atoms with Gasteiger partial charge in [0.05, 0.1) is 0 Å². The molecule has 0 fully saturated rings. The molecule has 0 bridgehead atoms. The van der Waals surface area contributed by atoms with E-state index in [2.05, 4.69) is 15.3 Å². The van der Waals surface area contributed by atoms with Crippen molar-refractivity contribution in [1.29, 1.82) is 0 Å². The Kier molecular flexibility index (Phi) is 5.06. The molecule has 1 aromatic carbocycles. The van der Waals surface area contributed by atoms with E-state index >= 15 is 0 Å². The Morgan fingerprint density at radius 2 is 1.76 bits per heavy atom. The highest BCUT2D eigenvalue weighted by atomic mass is 16.2. The molecule has 0 saturated carbocycles. The zero-order valence-corrected chi connectivity index (χ0v) is 15.1. The van der Waals surface area contributed by atoms with Crippen LogP contribution in [0, 0.1) is 6.92 Å². The first-order valence-electron chi connectivity index (χ1n) is 7.85. The number of nitrogens with one attached hydrogen (secondary N) is 1. The molecule has 1 heterocycles. The fourth-order valence-electron chi connectivity index (χ4n) is 2.21. The molecule has 7 nitrogen and oxygen atoms in total. The standard InChI is InChI=1S/C18H23N5O2/c1-11-10-20-14(21-15(11)23(4)5)12-6-8-13(9-7-12)16(24)22-18(2,3)17(19)25/h6-10H,1-5H3,(H2,19,25)(H,22,24). The second kappa shape index (κ2) is 6.88. The van der Waals surface area contributed by atoms with Crippen molar-refractivity contribution in [2.45, 2.75) is 26.3 Å². The molecule has 0 saturated heterocycles. The number of carbonyl (C=O) groups is 2. The van der Waals surface area contributed by atoms with Gasteiger partial charge in [-0.05, 0) is 32.9 Å². The first-order chi connectivity index (χ1) is 11.6. The Labute approximate surface area is 147 Å². The lowest BCUT2D eigenvalue weighted by atomic mass is 10.0. The highest BCUT2D eigenvalue weighted by Crippen LogP contribution is 2.21. The maximum absolute atomic E-state index is 12.2. The molecule has 0 spiro atoms. The number of amides is 2. The van der Waals surface area contributed by atoms with E-state index < -0.39 is 11.4 Å². The first-order valence-corrected chi connectivity index (χ1v) is 7.85. The molecule has 3 N–H and O–H groups in total. The monoisotopic (exact) mass is 341 g/mol. The predicted octanol–water partition coefficient (Wildman–Crippen LogP) is 1.51. The number of hydrogen-bond acceptors (Lipinski definition) is 5. The van der Waals surface area contributed by atoms with E-state index in [4.69, 9.17) is 5.73 Å². The van der Waals surface area contributed by atoms with Gasteiger partial charge in [0.2, 0.25) is 5.91 Å². The van der Waals surface area contributed by atoms with Crippen LogP contribution in [0.4, 0.5) is 5.82 Å². The van der Waals surface area contributed by atoms with E-state index in [1.807, 2.05) is 25.9 Å². The number of rotatable bonds is 5. The Morgan fingerprint density at radius 3 is 2.28 bits per heavy atom. The average Bonchev–Trinajstić information content (AvgIpc) is 2.54. The van der Waals surface area contributed by atoms with Crippen LogP contribution in [0.3, 0.4) is 0 Å². The van der Waals surface area contributed by atoms with Crippen molar-refractivity contribution in [3.8, 4) is 11.4 Å². The molecule has 25 heavy (non-hydrogen) atoms. The number of benzene rings is 1. The third-order valence-electron chi connectivity index (χ3n) is 3.82. The molecular formula is C18H23N5O2. The van der Waals surface area contributed by atoms with Crippen LogP contribution in [0.2, 0.25) is 0 Å². The van der Waals surface area contributed by atoms with Gasteiger partial charge in [-0.3, -0.25) is 9.59 Å². The Bertz CT molecular complexity index is 798. The number of aryl methyl sites for hydroxylation is 1. The lowest BCUT2D eigenvalue weighted by molar-refractivity contribution is -0.122. The zero-order valence-electron chi connectivity index (χ0n) is 15.1. The van der Waals surface area contributed by atoms with Crippen LogP contribution in [0.15, 0.2) is 30.5 Å². The summed E-state index contributed by atoms with van der Waals surface area (Å²) >= 11 is 0. The molecule has 0 aliphatic heterocycles. The summed E-state index contributed by atoms with van der Waals surface area (Å²) in [6, 6.07) is 6.88. The zero-order chi connectivity index (χ0) is 18.8. The van der Waals surface area contributed by atoms with Crippen LogP contribution in [0.1, 0.15) is 29.8 Å². The van der Waals surface area contributed by atoms with Crippen LogP contribution in [-0.4, -0.2) is 41.4 Å². The van der Waals surface area contributed by atoms with Crippen molar-refractivity contribution >= 4 is 17.6 Å². The predicted molar refractivity (Wildman–Crippen MR) is 97.3 cm³/mol. The molecule has 7 heteroatoms. The van der Waals surface area contributed by atoms with Crippen molar-refractivity contribution in [2.24, 2.45) is 5.73 Å². The van der Waals surface area contributed by atoms with Crippen molar-refractivity contribution in [2.75, 3.05) is 19.0 Å². The van der Waals surface area contributed by atoms with Crippen molar-refractivity contribution in [3.05, 3.63) is 41.6 Å². The average molecular weight is 341 g/mol. The molecule has 0 unspecified atom stereocenters. The maximum atomic E-state index is 12.2. The number of primary amides is 1. The van der Waals surface area contributed by atoms with Gasteiger partial charge < -0.3 is 16.0 Å². The van der Waals surface area contributed by atoms with Gasteiger partial charge in [0.15, 0.2) is 5.82 Å². The van der Waals surface area contributed by atoms with Crippen LogP contribution in [0.5, 0.6) is 0 Å². The van der Waals surface area contributed by atoms with E-state index in [-0.39, 0.29) is 5.91 Å². The first kappa shape index (κ1) is 18.4. The molecule has 2 amide bonds.